The Kier molecular flexibility index (Phi) is 6.58. The van der Waals surface area contributed by atoms with Crippen LogP contribution < -0.4 is 4.31 Å². The van der Waals surface area contributed by atoms with Gasteiger partial charge in [-0.05, 0) is 62.2 Å². The van der Waals surface area contributed by atoms with E-state index >= 15 is 0 Å². The number of hydrogen-bond acceptors (Lipinski definition) is 3. The van der Waals surface area contributed by atoms with Gasteiger partial charge in [-0.25, -0.2) is 17.2 Å². The molecule has 0 aliphatic carbocycles. The monoisotopic (exact) mass is 456 g/mol. The largest absolute Gasteiger partial charge is 0.299 e. The van der Waals surface area contributed by atoms with E-state index in [0.29, 0.717) is 43.7 Å². The first-order valence-corrected chi connectivity index (χ1v) is 12.1. The van der Waals surface area contributed by atoms with Crippen molar-refractivity contribution in [2.75, 3.05) is 17.4 Å². The van der Waals surface area contributed by atoms with Crippen LogP contribution in [0.2, 0.25) is 0 Å². The van der Waals surface area contributed by atoms with Gasteiger partial charge in [-0.15, -0.1) is 0 Å². The summed E-state index contributed by atoms with van der Waals surface area (Å²) in [4.78, 5) is 2.34. The molecule has 0 N–H and O–H groups in total. The zero-order chi connectivity index (χ0) is 22.7. The molecule has 4 rings (SSSR count). The lowest BCUT2D eigenvalue weighted by Crippen LogP contribution is -2.47. The van der Waals surface area contributed by atoms with Gasteiger partial charge in [0.2, 0.25) is 0 Å². The first-order chi connectivity index (χ1) is 15.3. The SMILES string of the molecule is Cc1ccc(S(=O)(=O)N(c2ccc(F)cc2)C2CCN(Cc3ccccc3F)CC2)cc1. The smallest absolute Gasteiger partial charge is 0.264 e. The van der Waals surface area contributed by atoms with Crippen molar-refractivity contribution in [1.82, 2.24) is 4.90 Å². The summed E-state index contributed by atoms with van der Waals surface area (Å²) in [5, 5.41) is 0. The summed E-state index contributed by atoms with van der Waals surface area (Å²) in [6.07, 6.45) is 1.19. The highest BCUT2D eigenvalue weighted by Crippen LogP contribution is 2.31. The molecule has 32 heavy (non-hydrogen) atoms. The van der Waals surface area contributed by atoms with E-state index in [-0.39, 0.29) is 16.8 Å². The Morgan fingerprint density at radius 2 is 1.53 bits per heavy atom. The van der Waals surface area contributed by atoms with E-state index in [1.54, 1.807) is 36.4 Å². The molecule has 1 saturated heterocycles. The van der Waals surface area contributed by atoms with Crippen molar-refractivity contribution < 1.29 is 17.2 Å². The molecule has 0 atom stereocenters. The van der Waals surface area contributed by atoms with Crippen LogP contribution in [0.15, 0.2) is 77.7 Å². The molecule has 168 valence electrons. The summed E-state index contributed by atoms with van der Waals surface area (Å²) in [5.74, 6) is -0.648. The van der Waals surface area contributed by atoms with E-state index < -0.39 is 15.8 Å². The number of rotatable bonds is 6. The van der Waals surface area contributed by atoms with Gasteiger partial charge in [0.25, 0.3) is 10.0 Å². The summed E-state index contributed by atoms with van der Waals surface area (Å²) in [6, 6.07) is 18.8. The number of hydrogen-bond donors (Lipinski definition) is 0. The van der Waals surface area contributed by atoms with Crippen LogP contribution in [-0.2, 0) is 16.6 Å². The lowest BCUT2D eigenvalue weighted by Gasteiger charge is -2.39. The third kappa shape index (κ3) is 4.84. The molecular weight excluding hydrogens is 430 g/mol. The number of benzene rings is 3. The third-order valence-electron chi connectivity index (χ3n) is 5.90. The minimum Gasteiger partial charge on any atom is -0.299 e. The quantitative estimate of drug-likeness (QED) is 0.516. The highest BCUT2D eigenvalue weighted by molar-refractivity contribution is 7.92. The lowest BCUT2D eigenvalue weighted by molar-refractivity contribution is 0.204. The van der Waals surface area contributed by atoms with Crippen LogP contribution in [0.25, 0.3) is 0 Å². The highest BCUT2D eigenvalue weighted by Gasteiger charge is 2.34. The zero-order valence-corrected chi connectivity index (χ0v) is 18.7. The van der Waals surface area contributed by atoms with Crippen molar-refractivity contribution in [2.24, 2.45) is 0 Å². The van der Waals surface area contributed by atoms with E-state index in [1.807, 2.05) is 13.0 Å². The van der Waals surface area contributed by atoms with Gasteiger partial charge >= 0.3 is 0 Å². The number of halogens is 2. The Morgan fingerprint density at radius 3 is 2.16 bits per heavy atom. The lowest BCUT2D eigenvalue weighted by atomic mass is 10.0. The fourth-order valence-electron chi connectivity index (χ4n) is 4.14. The van der Waals surface area contributed by atoms with E-state index in [1.165, 1.54) is 34.6 Å². The van der Waals surface area contributed by atoms with E-state index in [0.717, 1.165) is 5.56 Å². The fraction of sp³-hybridized carbons (Fsp3) is 0.280. The molecule has 0 saturated carbocycles. The van der Waals surface area contributed by atoms with Gasteiger partial charge in [-0.3, -0.25) is 9.21 Å². The molecule has 0 unspecified atom stereocenters. The summed E-state index contributed by atoms with van der Waals surface area (Å²) >= 11 is 0. The van der Waals surface area contributed by atoms with E-state index in [9.17, 15) is 17.2 Å². The van der Waals surface area contributed by atoms with Crippen LogP contribution in [0.1, 0.15) is 24.0 Å². The molecule has 0 spiro atoms. The second kappa shape index (κ2) is 9.38. The molecule has 1 heterocycles. The van der Waals surface area contributed by atoms with Crippen LogP contribution in [0.4, 0.5) is 14.5 Å². The predicted octanol–water partition coefficient (Wildman–Crippen LogP) is 5.13. The van der Waals surface area contributed by atoms with Crippen LogP contribution in [0.3, 0.4) is 0 Å². The van der Waals surface area contributed by atoms with Gasteiger partial charge in [0.05, 0.1) is 10.6 Å². The molecule has 7 heteroatoms. The Labute approximate surface area is 188 Å². The first kappa shape index (κ1) is 22.4. The molecule has 1 aliphatic heterocycles. The maximum atomic E-state index is 14.0. The molecular formula is C25H26F2N2O2S. The summed E-state index contributed by atoms with van der Waals surface area (Å²) in [6.45, 7) is 3.67. The van der Waals surface area contributed by atoms with Crippen molar-refractivity contribution in [3.05, 3.63) is 95.6 Å². The molecule has 0 amide bonds. The molecule has 3 aromatic carbocycles. The Balaban J connectivity index is 1.58. The number of nitrogens with zero attached hydrogens (tertiary/aromatic N) is 2. The van der Waals surface area contributed by atoms with E-state index in [2.05, 4.69) is 4.90 Å². The summed E-state index contributed by atoms with van der Waals surface area (Å²) in [5.41, 5.74) is 2.05. The first-order valence-electron chi connectivity index (χ1n) is 10.7. The zero-order valence-electron chi connectivity index (χ0n) is 17.9. The summed E-state index contributed by atoms with van der Waals surface area (Å²) < 4.78 is 56.2. The number of anilines is 1. The standard InChI is InChI=1S/C25H26F2N2O2S/c1-19-6-12-24(13-7-19)32(30,31)29(22-10-8-21(26)9-11-22)23-14-16-28(17-15-23)18-20-4-2-3-5-25(20)27/h2-13,23H,14-18H2,1H3. The number of likely N-dealkylation sites (tertiary alicyclic amines) is 1. The average Bonchev–Trinajstić information content (AvgIpc) is 2.78. The topological polar surface area (TPSA) is 40.6 Å². The molecule has 4 nitrogen and oxygen atoms in total. The van der Waals surface area contributed by atoms with Crippen molar-refractivity contribution in [3.63, 3.8) is 0 Å². The molecule has 0 aromatic heterocycles. The van der Waals surface area contributed by atoms with Crippen molar-refractivity contribution in [2.45, 2.75) is 37.2 Å². The van der Waals surface area contributed by atoms with Gasteiger partial charge in [-0.1, -0.05) is 35.9 Å². The van der Waals surface area contributed by atoms with Crippen molar-refractivity contribution in [1.29, 1.82) is 0 Å². The third-order valence-corrected chi connectivity index (χ3v) is 7.79. The molecule has 1 aliphatic rings. The van der Waals surface area contributed by atoms with Gasteiger partial charge in [-0.2, -0.15) is 0 Å². The van der Waals surface area contributed by atoms with Crippen molar-refractivity contribution >= 4 is 15.7 Å². The van der Waals surface area contributed by atoms with Crippen LogP contribution in [0, 0.1) is 18.6 Å². The van der Waals surface area contributed by atoms with Gasteiger partial charge in [0, 0.05) is 31.2 Å². The minimum absolute atomic E-state index is 0.209. The maximum Gasteiger partial charge on any atom is 0.264 e. The minimum atomic E-state index is -3.83. The van der Waals surface area contributed by atoms with Gasteiger partial charge in [0.1, 0.15) is 11.6 Å². The maximum absolute atomic E-state index is 14.0. The molecule has 1 fully saturated rings. The number of piperidine rings is 1. The highest BCUT2D eigenvalue weighted by atomic mass is 32.2. The van der Waals surface area contributed by atoms with Gasteiger partial charge < -0.3 is 0 Å². The molecule has 3 aromatic rings. The fourth-order valence-corrected chi connectivity index (χ4v) is 5.85. The normalized spacial score (nSPS) is 15.6. The Bertz CT molecular complexity index is 1160. The Morgan fingerprint density at radius 1 is 0.906 bits per heavy atom. The van der Waals surface area contributed by atoms with Crippen molar-refractivity contribution in [3.8, 4) is 0 Å². The molecule has 0 radical (unpaired) electrons. The van der Waals surface area contributed by atoms with Crippen LogP contribution in [0.5, 0.6) is 0 Å². The average molecular weight is 457 g/mol. The predicted molar refractivity (Wildman–Crippen MR) is 122 cm³/mol. The summed E-state index contributed by atoms with van der Waals surface area (Å²) in [7, 11) is -3.83. The number of sulfonamides is 1. The second-order valence-electron chi connectivity index (χ2n) is 8.19. The van der Waals surface area contributed by atoms with Gasteiger partial charge in [0.15, 0.2) is 0 Å². The second-order valence-corrected chi connectivity index (χ2v) is 10.0. The number of aryl methyl sites for hydroxylation is 1. The Hall–Kier alpha value is -2.77. The molecule has 0 bridgehead atoms. The van der Waals surface area contributed by atoms with Crippen LogP contribution >= 0.6 is 0 Å². The van der Waals surface area contributed by atoms with E-state index in [4.69, 9.17) is 0 Å². The van der Waals surface area contributed by atoms with Crippen LogP contribution in [-0.4, -0.2) is 32.4 Å².